The molecule has 0 bridgehead atoms. The number of hydrogen-bond acceptors (Lipinski definition) is 4. The third-order valence-electron chi connectivity index (χ3n) is 2.28. The number of nitrogen functional groups attached to an aromatic ring is 1. The molecule has 5 heteroatoms. The Balaban J connectivity index is 2.26. The van der Waals surface area contributed by atoms with Crippen LogP contribution >= 0.6 is 0 Å². The van der Waals surface area contributed by atoms with Crippen LogP contribution in [0, 0.1) is 13.8 Å². The highest BCUT2D eigenvalue weighted by molar-refractivity contribution is 5.35. The molecule has 0 atom stereocenters. The number of nitrogens with two attached hydrogens (primary N) is 1. The molecular formula is C10H13N5. The molecule has 2 rings (SSSR count). The van der Waals surface area contributed by atoms with Crippen LogP contribution in [0.1, 0.15) is 17.0 Å². The number of aryl methyl sites for hydroxylation is 2. The van der Waals surface area contributed by atoms with Crippen molar-refractivity contribution in [3.8, 4) is 0 Å². The van der Waals surface area contributed by atoms with Crippen molar-refractivity contribution >= 4 is 5.82 Å². The first-order valence-corrected chi connectivity index (χ1v) is 4.73. The minimum Gasteiger partial charge on any atom is -0.382 e. The third kappa shape index (κ3) is 1.96. The van der Waals surface area contributed by atoms with Gasteiger partial charge in [-0.05, 0) is 13.8 Å². The van der Waals surface area contributed by atoms with Crippen molar-refractivity contribution in [1.29, 1.82) is 0 Å². The molecular weight excluding hydrogens is 190 g/mol. The lowest BCUT2D eigenvalue weighted by Gasteiger charge is -2.02. The van der Waals surface area contributed by atoms with E-state index < -0.39 is 0 Å². The average Bonchev–Trinajstić information content (AvgIpc) is 2.50. The van der Waals surface area contributed by atoms with Gasteiger partial charge in [-0.15, -0.1) is 0 Å². The Hall–Kier alpha value is -1.91. The van der Waals surface area contributed by atoms with Crippen LogP contribution in [0.3, 0.4) is 0 Å². The second-order valence-electron chi connectivity index (χ2n) is 3.48. The summed E-state index contributed by atoms with van der Waals surface area (Å²) in [6.45, 7) is 4.47. The molecule has 0 amide bonds. The van der Waals surface area contributed by atoms with E-state index in [1.54, 1.807) is 17.1 Å². The first-order valence-electron chi connectivity index (χ1n) is 4.73. The Morgan fingerprint density at radius 3 is 2.60 bits per heavy atom. The van der Waals surface area contributed by atoms with Gasteiger partial charge in [-0.2, -0.15) is 5.10 Å². The van der Waals surface area contributed by atoms with Gasteiger partial charge in [0.05, 0.1) is 17.9 Å². The van der Waals surface area contributed by atoms with Gasteiger partial charge >= 0.3 is 0 Å². The molecule has 0 unspecified atom stereocenters. The fraction of sp³-hybridized carbons (Fsp3) is 0.300. The molecule has 0 saturated carbocycles. The summed E-state index contributed by atoms with van der Waals surface area (Å²) < 4.78 is 1.78. The number of anilines is 1. The van der Waals surface area contributed by atoms with Crippen LogP contribution < -0.4 is 5.73 Å². The third-order valence-corrected chi connectivity index (χ3v) is 2.28. The zero-order chi connectivity index (χ0) is 10.8. The largest absolute Gasteiger partial charge is 0.382 e. The lowest BCUT2D eigenvalue weighted by Crippen LogP contribution is -2.05. The number of nitrogens with zero attached hydrogens (tertiary/aromatic N) is 4. The average molecular weight is 203 g/mol. The van der Waals surface area contributed by atoms with Crippen LogP contribution in [-0.2, 0) is 6.54 Å². The van der Waals surface area contributed by atoms with Crippen LogP contribution in [0.2, 0.25) is 0 Å². The van der Waals surface area contributed by atoms with Gasteiger partial charge in [-0.3, -0.25) is 14.6 Å². The smallest absolute Gasteiger partial charge is 0.148 e. The molecule has 2 N–H and O–H groups in total. The second kappa shape index (κ2) is 3.68. The maximum absolute atomic E-state index is 5.66. The molecule has 0 aliphatic heterocycles. The van der Waals surface area contributed by atoms with Crippen LogP contribution in [0.5, 0.6) is 0 Å². The van der Waals surface area contributed by atoms with Crippen molar-refractivity contribution in [2.24, 2.45) is 0 Å². The molecule has 0 aromatic carbocycles. The first kappa shape index (κ1) is 9.64. The Labute approximate surface area is 88.0 Å². The van der Waals surface area contributed by atoms with E-state index in [4.69, 9.17) is 5.73 Å². The predicted molar refractivity (Wildman–Crippen MR) is 57.2 cm³/mol. The first-order chi connectivity index (χ1) is 7.16. The summed E-state index contributed by atoms with van der Waals surface area (Å²) in [6.07, 6.45) is 5.27. The minimum absolute atomic E-state index is 0.566. The van der Waals surface area contributed by atoms with Crippen molar-refractivity contribution in [3.63, 3.8) is 0 Å². The van der Waals surface area contributed by atoms with Crippen molar-refractivity contribution in [1.82, 2.24) is 19.7 Å². The van der Waals surface area contributed by atoms with E-state index in [0.717, 1.165) is 17.0 Å². The SMILES string of the molecule is Cc1cn(Cc2nccnc2C)nc1N. The van der Waals surface area contributed by atoms with Gasteiger partial charge < -0.3 is 5.73 Å². The molecule has 0 aliphatic carbocycles. The highest BCUT2D eigenvalue weighted by Gasteiger charge is 2.04. The molecule has 2 heterocycles. The number of rotatable bonds is 2. The van der Waals surface area contributed by atoms with Gasteiger partial charge in [0.25, 0.3) is 0 Å². The number of aromatic nitrogens is 4. The number of hydrogen-bond donors (Lipinski definition) is 1. The molecule has 2 aromatic heterocycles. The fourth-order valence-electron chi connectivity index (χ4n) is 1.36. The second-order valence-corrected chi connectivity index (χ2v) is 3.48. The molecule has 0 aliphatic rings. The summed E-state index contributed by atoms with van der Waals surface area (Å²) in [5.74, 6) is 0.566. The van der Waals surface area contributed by atoms with E-state index in [2.05, 4.69) is 15.1 Å². The Morgan fingerprint density at radius 1 is 1.27 bits per heavy atom. The van der Waals surface area contributed by atoms with Gasteiger partial charge in [-0.25, -0.2) is 0 Å². The molecule has 15 heavy (non-hydrogen) atoms. The zero-order valence-corrected chi connectivity index (χ0v) is 8.81. The zero-order valence-electron chi connectivity index (χ0n) is 8.81. The van der Waals surface area contributed by atoms with Crippen molar-refractivity contribution in [2.45, 2.75) is 20.4 Å². The molecule has 0 spiro atoms. The van der Waals surface area contributed by atoms with E-state index in [1.807, 2.05) is 20.0 Å². The Morgan fingerprint density at radius 2 is 2.00 bits per heavy atom. The molecule has 5 nitrogen and oxygen atoms in total. The van der Waals surface area contributed by atoms with E-state index in [1.165, 1.54) is 0 Å². The van der Waals surface area contributed by atoms with E-state index in [-0.39, 0.29) is 0 Å². The fourth-order valence-corrected chi connectivity index (χ4v) is 1.36. The highest BCUT2D eigenvalue weighted by Crippen LogP contribution is 2.08. The predicted octanol–water partition coefficient (Wildman–Crippen LogP) is 0.920. The van der Waals surface area contributed by atoms with E-state index >= 15 is 0 Å². The lowest BCUT2D eigenvalue weighted by molar-refractivity contribution is 0.667. The lowest BCUT2D eigenvalue weighted by atomic mass is 10.3. The van der Waals surface area contributed by atoms with Crippen LogP contribution in [0.25, 0.3) is 0 Å². The summed E-state index contributed by atoms with van der Waals surface area (Å²) in [6, 6.07) is 0. The van der Waals surface area contributed by atoms with Crippen molar-refractivity contribution < 1.29 is 0 Å². The van der Waals surface area contributed by atoms with E-state index in [9.17, 15) is 0 Å². The summed E-state index contributed by atoms with van der Waals surface area (Å²) in [4.78, 5) is 8.42. The standard InChI is InChI=1S/C10H13N5/c1-7-5-15(14-10(7)11)6-9-8(2)12-3-4-13-9/h3-5H,6H2,1-2H3,(H2,11,14). The van der Waals surface area contributed by atoms with Gasteiger partial charge in [0.1, 0.15) is 5.82 Å². The maximum Gasteiger partial charge on any atom is 0.148 e. The molecule has 78 valence electrons. The molecule has 0 fully saturated rings. The summed E-state index contributed by atoms with van der Waals surface area (Å²) in [5.41, 5.74) is 8.48. The molecule has 0 saturated heterocycles. The quantitative estimate of drug-likeness (QED) is 0.788. The van der Waals surface area contributed by atoms with Crippen LogP contribution in [0.15, 0.2) is 18.6 Å². The Bertz CT molecular complexity index is 455. The Kier molecular flexibility index (Phi) is 2.37. The normalized spacial score (nSPS) is 10.5. The summed E-state index contributed by atoms with van der Waals surface area (Å²) in [5, 5.41) is 4.17. The van der Waals surface area contributed by atoms with Gasteiger partial charge in [0.15, 0.2) is 0 Å². The summed E-state index contributed by atoms with van der Waals surface area (Å²) in [7, 11) is 0. The molecule has 0 radical (unpaired) electrons. The van der Waals surface area contributed by atoms with Crippen LogP contribution in [-0.4, -0.2) is 19.7 Å². The highest BCUT2D eigenvalue weighted by atomic mass is 15.3. The monoisotopic (exact) mass is 203 g/mol. The maximum atomic E-state index is 5.66. The van der Waals surface area contributed by atoms with Crippen molar-refractivity contribution in [3.05, 3.63) is 35.5 Å². The van der Waals surface area contributed by atoms with Gasteiger partial charge in [-0.1, -0.05) is 0 Å². The van der Waals surface area contributed by atoms with E-state index in [0.29, 0.717) is 12.4 Å². The topological polar surface area (TPSA) is 69.6 Å². The molecule has 2 aromatic rings. The van der Waals surface area contributed by atoms with Gasteiger partial charge in [0, 0.05) is 24.2 Å². The minimum atomic E-state index is 0.566. The van der Waals surface area contributed by atoms with Crippen LogP contribution in [0.4, 0.5) is 5.82 Å². The van der Waals surface area contributed by atoms with Crippen molar-refractivity contribution in [2.75, 3.05) is 5.73 Å². The summed E-state index contributed by atoms with van der Waals surface area (Å²) >= 11 is 0. The van der Waals surface area contributed by atoms with Gasteiger partial charge in [0.2, 0.25) is 0 Å².